The van der Waals surface area contributed by atoms with E-state index in [1.54, 1.807) is 0 Å². The Bertz CT molecular complexity index is 498. The first-order valence-corrected chi connectivity index (χ1v) is 6.60. The standard InChI is InChI=1S/C13H15BrN2/c14-11-4-3-10-7-12(15-13(10)8-11)9-16-5-1-2-6-16/h3-4,7-8,15H,1-2,5-6,9H2. The zero-order valence-corrected chi connectivity index (χ0v) is 10.8. The SMILES string of the molecule is Brc1ccc2cc(CN3CCCC3)[nH]c2c1. The molecule has 1 aliphatic heterocycles. The van der Waals surface area contributed by atoms with Crippen molar-refractivity contribution in [3.63, 3.8) is 0 Å². The normalized spacial score (nSPS) is 17.3. The maximum Gasteiger partial charge on any atom is 0.0467 e. The van der Waals surface area contributed by atoms with Gasteiger partial charge in [0.25, 0.3) is 0 Å². The van der Waals surface area contributed by atoms with E-state index >= 15 is 0 Å². The van der Waals surface area contributed by atoms with Crippen LogP contribution in [0, 0.1) is 0 Å². The lowest BCUT2D eigenvalue weighted by Gasteiger charge is -2.12. The van der Waals surface area contributed by atoms with Crippen LogP contribution < -0.4 is 0 Å². The minimum absolute atomic E-state index is 1.06. The van der Waals surface area contributed by atoms with Gasteiger partial charge in [0.2, 0.25) is 0 Å². The summed E-state index contributed by atoms with van der Waals surface area (Å²) >= 11 is 3.50. The lowest BCUT2D eigenvalue weighted by molar-refractivity contribution is 0.328. The highest BCUT2D eigenvalue weighted by atomic mass is 79.9. The molecule has 16 heavy (non-hydrogen) atoms. The number of benzene rings is 1. The molecule has 1 aliphatic rings. The van der Waals surface area contributed by atoms with Crippen LogP contribution in [0.25, 0.3) is 10.9 Å². The summed E-state index contributed by atoms with van der Waals surface area (Å²) in [5.41, 5.74) is 2.55. The number of hydrogen-bond acceptors (Lipinski definition) is 1. The zero-order valence-electron chi connectivity index (χ0n) is 9.17. The quantitative estimate of drug-likeness (QED) is 0.891. The molecule has 0 bridgehead atoms. The second-order valence-electron chi connectivity index (χ2n) is 4.51. The molecule has 0 spiro atoms. The summed E-state index contributed by atoms with van der Waals surface area (Å²) in [5.74, 6) is 0. The van der Waals surface area contributed by atoms with Crippen LogP contribution in [0.4, 0.5) is 0 Å². The number of hydrogen-bond donors (Lipinski definition) is 1. The number of halogens is 1. The van der Waals surface area contributed by atoms with Gasteiger partial charge < -0.3 is 4.98 Å². The first kappa shape index (κ1) is 10.4. The third-order valence-electron chi connectivity index (χ3n) is 3.23. The summed E-state index contributed by atoms with van der Waals surface area (Å²) in [7, 11) is 0. The van der Waals surface area contributed by atoms with Gasteiger partial charge in [0.05, 0.1) is 0 Å². The Kier molecular flexibility index (Phi) is 2.74. The van der Waals surface area contributed by atoms with Crippen LogP contribution in [0.1, 0.15) is 18.5 Å². The third kappa shape index (κ3) is 2.02. The van der Waals surface area contributed by atoms with Crippen LogP contribution in [-0.2, 0) is 6.54 Å². The molecule has 1 fully saturated rings. The summed E-state index contributed by atoms with van der Waals surface area (Å²) < 4.78 is 1.13. The molecular weight excluding hydrogens is 264 g/mol. The Labute approximate surface area is 104 Å². The molecule has 0 unspecified atom stereocenters. The van der Waals surface area contributed by atoms with Gasteiger partial charge in [-0.05, 0) is 49.5 Å². The molecule has 0 aliphatic carbocycles. The first-order chi connectivity index (χ1) is 7.81. The number of H-pyrrole nitrogens is 1. The molecule has 3 heteroatoms. The molecule has 0 amide bonds. The van der Waals surface area contributed by atoms with Crippen molar-refractivity contribution >= 4 is 26.8 Å². The Morgan fingerprint density at radius 2 is 2.00 bits per heavy atom. The van der Waals surface area contributed by atoms with Crippen molar-refractivity contribution in [2.24, 2.45) is 0 Å². The van der Waals surface area contributed by atoms with E-state index in [2.05, 4.69) is 50.1 Å². The second-order valence-corrected chi connectivity index (χ2v) is 5.43. The van der Waals surface area contributed by atoms with Gasteiger partial charge in [0.15, 0.2) is 0 Å². The second kappa shape index (κ2) is 4.22. The Morgan fingerprint density at radius 3 is 2.81 bits per heavy atom. The molecule has 2 nitrogen and oxygen atoms in total. The molecule has 2 heterocycles. The van der Waals surface area contributed by atoms with Crippen LogP contribution in [0.2, 0.25) is 0 Å². The number of fused-ring (bicyclic) bond motifs is 1. The summed E-state index contributed by atoms with van der Waals surface area (Å²) in [6, 6.07) is 8.65. The first-order valence-electron chi connectivity index (χ1n) is 5.81. The van der Waals surface area contributed by atoms with Crippen LogP contribution >= 0.6 is 15.9 Å². The number of nitrogens with one attached hydrogen (secondary N) is 1. The molecule has 0 atom stereocenters. The fourth-order valence-electron chi connectivity index (χ4n) is 2.43. The number of aromatic nitrogens is 1. The number of likely N-dealkylation sites (tertiary alicyclic amines) is 1. The molecule has 1 saturated heterocycles. The zero-order chi connectivity index (χ0) is 11.0. The van der Waals surface area contributed by atoms with Crippen molar-refractivity contribution in [2.45, 2.75) is 19.4 Å². The Morgan fingerprint density at radius 1 is 1.19 bits per heavy atom. The predicted molar refractivity (Wildman–Crippen MR) is 70.5 cm³/mol. The lowest BCUT2D eigenvalue weighted by Crippen LogP contribution is -2.18. The van der Waals surface area contributed by atoms with Crippen LogP contribution in [-0.4, -0.2) is 23.0 Å². The van der Waals surface area contributed by atoms with E-state index < -0.39 is 0 Å². The molecule has 3 rings (SSSR count). The van der Waals surface area contributed by atoms with Crippen LogP contribution in [0.3, 0.4) is 0 Å². The van der Waals surface area contributed by atoms with Gasteiger partial charge in [-0.1, -0.05) is 22.0 Å². The largest absolute Gasteiger partial charge is 0.357 e. The van der Waals surface area contributed by atoms with Crippen molar-refractivity contribution in [1.82, 2.24) is 9.88 Å². The van der Waals surface area contributed by atoms with Crippen LogP contribution in [0.5, 0.6) is 0 Å². The molecule has 1 aromatic heterocycles. The van der Waals surface area contributed by atoms with E-state index in [1.807, 2.05) is 0 Å². The molecule has 84 valence electrons. The van der Waals surface area contributed by atoms with Gasteiger partial charge >= 0.3 is 0 Å². The molecule has 1 N–H and O–H groups in total. The van der Waals surface area contributed by atoms with Gasteiger partial charge in [0.1, 0.15) is 0 Å². The molecule has 1 aromatic carbocycles. The van der Waals surface area contributed by atoms with Gasteiger partial charge in [-0.25, -0.2) is 0 Å². The van der Waals surface area contributed by atoms with E-state index in [0.29, 0.717) is 0 Å². The van der Waals surface area contributed by atoms with Crippen molar-refractivity contribution in [3.05, 3.63) is 34.4 Å². The summed E-state index contributed by atoms with van der Waals surface area (Å²) in [4.78, 5) is 6.01. The van der Waals surface area contributed by atoms with Crippen molar-refractivity contribution in [3.8, 4) is 0 Å². The van der Waals surface area contributed by atoms with Gasteiger partial charge in [0, 0.05) is 22.2 Å². The topological polar surface area (TPSA) is 19.0 Å². The number of aromatic amines is 1. The maximum absolute atomic E-state index is 3.50. The lowest BCUT2D eigenvalue weighted by atomic mass is 10.2. The number of nitrogens with zero attached hydrogens (tertiary/aromatic N) is 1. The highest BCUT2D eigenvalue weighted by molar-refractivity contribution is 9.10. The average Bonchev–Trinajstić information content (AvgIpc) is 2.86. The Hall–Kier alpha value is -0.800. The van der Waals surface area contributed by atoms with E-state index in [4.69, 9.17) is 0 Å². The number of rotatable bonds is 2. The summed E-state index contributed by atoms with van der Waals surface area (Å²) in [6.45, 7) is 3.56. The predicted octanol–water partition coefficient (Wildman–Crippen LogP) is 3.53. The smallest absolute Gasteiger partial charge is 0.0467 e. The average molecular weight is 279 g/mol. The molecule has 0 saturated carbocycles. The maximum atomic E-state index is 3.50. The molecule has 0 radical (unpaired) electrons. The van der Waals surface area contributed by atoms with E-state index in [9.17, 15) is 0 Å². The van der Waals surface area contributed by atoms with Crippen LogP contribution in [0.15, 0.2) is 28.7 Å². The fraction of sp³-hybridized carbons (Fsp3) is 0.385. The van der Waals surface area contributed by atoms with Gasteiger partial charge in [-0.15, -0.1) is 0 Å². The van der Waals surface area contributed by atoms with E-state index in [1.165, 1.54) is 42.5 Å². The third-order valence-corrected chi connectivity index (χ3v) is 3.73. The summed E-state index contributed by atoms with van der Waals surface area (Å²) in [6.07, 6.45) is 2.71. The minimum atomic E-state index is 1.06. The van der Waals surface area contributed by atoms with Gasteiger partial charge in [-0.2, -0.15) is 0 Å². The van der Waals surface area contributed by atoms with Crippen molar-refractivity contribution in [2.75, 3.05) is 13.1 Å². The molecule has 2 aromatic rings. The van der Waals surface area contributed by atoms with Gasteiger partial charge in [-0.3, -0.25) is 4.90 Å². The monoisotopic (exact) mass is 278 g/mol. The van der Waals surface area contributed by atoms with E-state index in [0.717, 1.165) is 11.0 Å². The highest BCUT2D eigenvalue weighted by Gasteiger charge is 2.12. The minimum Gasteiger partial charge on any atom is -0.357 e. The fourth-order valence-corrected chi connectivity index (χ4v) is 2.79. The molecular formula is C13H15BrN2. The Balaban J connectivity index is 1.86. The van der Waals surface area contributed by atoms with Crippen molar-refractivity contribution < 1.29 is 0 Å². The highest BCUT2D eigenvalue weighted by Crippen LogP contribution is 2.21. The summed E-state index contributed by atoms with van der Waals surface area (Å²) in [5, 5.41) is 1.30. The van der Waals surface area contributed by atoms with E-state index in [-0.39, 0.29) is 0 Å². The van der Waals surface area contributed by atoms with Crippen molar-refractivity contribution in [1.29, 1.82) is 0 Å².